The first kappa shape index (κ1) is 20.5. The van der Waals surface area contributed by atoms with E-state index in [2.05, 4.69) is 17.2 Å². The Balaban J connectivity index is 1.88. The van der Waals surface area contributed by atoms with E-state index in [1.165, 1.54) is 11.8 Å². The first-order valence-electron chi connectivity index (χ1n) is 7.97. The SMILES string of the molecule is CCCCc1ccc(NC(=O)COC(=O)c2ncc(Cl)c(Cl)c2Cl)cc1. The summed E-state index contributed by atoms with van der Waals surface area (Å²) in [4.78, 5) is 27.7. The lowest BCUT2D eigenvalue weighted by Gasteiger charge is -2.08. The van der Waals surface area contributed by atoms with Crippen LogP contribution in [0.1, 0.15) is 35.8 Å². The third-order valence-corrected chi connectivity index (χ3v) is 4.74. The number of pyridine rings is 1. The first-order valence-corrected chi connectivity index (χ1v) is 9.11. The molecular weight excluding hydrogens is 399 g/mol. The number of benzene rings is 1. The molecule has 1 heterocycles. The number of unbranched alkanes of at least 4 members (excludes halogenated alkanes) is 1. The number of nitrogens with one attached hydrogen (secondary N) is 1. The molecule has 1 aromatic heterocycles. The molecule has 0 saturated carbocycles. The van der Waals surface area contributed by atoms with Crippen LogP contribution in [-0.2, 0) is 16.0 Å². The van der Waals surface area contributed by atoms with E-state index in [-0.39, 0.29) is 20.8 Å². The largest absolute Gasteiger partial charge is 0.451 e. The first-order chi connectivity index (χ1) is 12.4. The Kier molecular flexibility index (Phi) is 7.69. The number of halogens is 3. The number of hydrogen-bond acceptors (Lipinski definition) is 4. The third kappa shape index (κ3) is 5.59. The summed E-state index contributed by atoms with van der Waals surface area (Å²) in [5, 5.41) is 2.65. The minimum atomic E-state index is -0.862. The molecule has 0 saturated heterocycles. The number of ether oxygens (including phenoxy) is 1. The normalized spacial score (nSPS) is 10.5. The minimum absolute atomic E-state index is 0.00268. The molecule has 0 spiro atoms. The van der Waals surface area contributed by atoms with Gasteiger partial charge >= 0.3 is 5.97 Å². The zero-order valence-electron chi connectivity index (χ0n) is 14.0. The van der Waals surface area contributed by atoms with Crippen LogP contribution in [0.25, 0.3) is 0 Å². The zero-order valence-corrected chi connectivity index (χ0v) is 16.3. The number of carbonyl (C=O) groups excluding carboxylic acids is 2. The topological polar surface area (TPSA) is 68.3 Å². The lowest BCUT2D eigenvalue weighted by atomic mass is 10.1. The maximum Gasteiger partial charge on any atom is 0.359 e. The van der Waals surface area contributed by atoms with Gasteiger partial charge in [-0.2, -0.15) is 0 Å². The van der Waals surface area contributed by atoms with E-state index in [0.29, 0.717) is 5.69 Å². The maximum absolute atomic E-state index is 12.0. The van der Waals surface area contributed by atoms with Gasteiger partial charge in [-0.05, 0) is 30.5 Å². The van der Waals surface area contributed by atoms with Crippen molar-refractivity contribution in [3.8, 4) is 0 Å². The average Bonchev–Trinajstić information content (AvgIpc) is 2.64. The van der Waals surface area contributed by atoms with Crippen molar-refractivity contribution in [3.05, 3.63) is 56.8 Å². The molecule has 0 aliphatic carbocycles. The number of amides is 1. The van der Waals surface area contributed by atoms with Crippen LogP contribution in [-0.4, -0.2) is 23.5 Å². The van der Waals surface area contributed by atoms with Gasteiger partial charge in [-0.3, -0.25) is 4.79 Å². The number of aromatic nitrogens is 1. The standard InChI is InChI=1S/C18H17Cl3N2O3/c1-2-3-4-11-5-7-12(8-6-11)23-14(24)10-26-18(25)17-16(21)15(20)13(19)9-22-17/h5-9H,2-4,10H2,1H3,(H,23,24). The summed E-state index contributed by atoms with van der Waals surface area (Å²) in [6.45, 7) is 1.66. The Morgan fingerprint density at radius 3 is 2.46 bits per heavy atom. The van der Waals surface area contributed by atoms with Crippen molar-refractivity contribution >= 4 is 52.4 Å². The lowest BCUT2D eigenvalue weighted by Crippen LogP contribution is -2.21. The summed E-state index contributed by atoms with van der Waals surface area (Å²) >= 11 is 17.5. The van der Waals surface area contributed by atoms with Gasteiger partial charge in [0.25, 0.3) is 5.91 Å². The molecule has 0 bridgehead atoms. The summed E-state index contributed by atoms with van der Waals surface area (Å²) in [5.74, 6) is -1.34. The second kappa shape index (κ2) is 9.76. The van der Waals surface area contributed by atoms with E-state index in [1.807, 2.05) is 24.3 Å². The van der Waals surface area contributed by atoms with Crippen molar-refractivity contribution in [2.75, 3.05) is 11.9 Å². The van der Waals surface area contributed by atoms with Crippen LogP contribution in [0, 0.1) is 0 Å². The molecule has 138 valence electrons. The van der Waals surface area contributed by atoms with Crippen molar-refractivity contribution in [2.24, 2.45) is 0 Å². The summed E-state index contributed by atoms with van der Waals surface area (Å²) in [7, 11) is 0. The molecule has 0 atom stereocenters. The quantitative estimate of drug-likeness (QED) is 0.633. The van der Waals surface area contributed by atoms with Crippen LogP contribution in [0.4, 0.5) is 5.69 Å². The molecule has 2 rings (SSSR count). The Hall–Kier alpha value is -1.82. The fourth-order valence-electron chi connectivity index (χ4n) is 2.12. The number of rotatable bonds is 7. The molecular formula is C18H17Cl3N2O3. The summed E-state index contributed by atoms with van der Waals surface area (Å²) in [6.07, 6.45) is 4.43. The van der Waals surface area contributed by atoms with Crippen LogP contribution >= 0.6 is 34.8 Å². The zero-order chi connectivity index (χ0) is 19.1. The number of anilines is 1. The fourth-order valence-corrected chi connectivity index (χ4v) is 2.68. The second-order valence-electron chi connectivity index (χ2n) is 5.51. The van der Waals surface area contributed by atoms with Crippen LogP contribution in [0.2, 0.25) is 15.1 Å². The smallest absolute Gasteiger partial charge is 0.359 e. The van der Waals surface area contributed by atoms with Gasteiger partial charge in [0.1, 0.15) is 0 Å². The van der Waals surface area contributed by atoms with Crippen LogP contribution < -0.4 is 5.32 Å². The molecule has 1 N–H and O–H groups in total. The maximum atomic E-state index is 12.0. The van der Waals surface area contributed by atoms with Gasteiger partial charge < -0.3 is 10.1 Å². The predicted molar refractivity (Wildman–Crippen MR) is 103 cm³/mol. The molecule has 5 nitrogen and oxygen atoms in total. The lowest BCUT2D eigenvalue weighted by molar-refractivity contribution is -0.119. The number of esters is 1. The summed E-state index contributed by atoms with van der Waals surface area (Å²) in [5.41, 5.74) is 1.63. The molecule has 2 aromatic rings. The summed E-state index contributed by atoms with van der Waals surface area (Å²) < 4.78 is 4.91. The van der Waals surface area contributed by atoms with Gasteiger partial charge in [0.05, 0.1) is 15.1 Å². The molecule has 0 fully saturated rings. The van der Waals surface area contributed by atoms with Gasteiger partial charge in [0.15, 0.2) is 12.3 Å². The minimum Gasteiger partial charge on any atom is -0.451 e. The van der Waals surface area contributed by atoms with Gasteiger partial charge in [-0.15, -0.1) is 0 Å². The Bertz CT molecular complexity index is 795. The molecule has 8 heteroatoms. The summed E-state index contributed by atoms with van der Waals surface area (Å²) in [6, 6.07) is 7.53. The highest BCUT2D eigenvalue weighted by molar-refractivity contribution is 6.48. The second-order valence-corrected chi connectivity index (χ2v) is 6.67. The van der Waals surface area contributed by atoms with E-state index < -0.39 is 18.5 Å². The van der Waals surface area contributed by atoms with Crippen molar-refractivity contribution in [2.45, 2.75) is 26.2 Å². The molecule has 26 heavy (non-hydrogen) atoms. The van der Waals surface area contributed by atoms with Crippen molar-refractivity contribution in [1.82, 2.24) is 4.98 Å². The molecule has 1 amide bonds. The van der Waals surface area contributed by atoms with E-state index in [0.717, 1.165) is 19.3 Å². The van der Waals surface area contributed by atoms with Crippen molar-refractivity contribution in [3.63, 3.8) is 0 Å². The van der Waals surface area contributed by atoms with Gasteiger partial charge in [0.2, 0.25) is 0 Å². The monoisotopic (exact) mass is 414 g/mol. The van der Waals surface area contributed by atoms with E-state index in [1.54, 1.807) is 0 Å². The van der Waals surface area contributed by atoms with Gasteiger partial charge in [0, 0.05) is 11.9 Å². The number of aryl methyl sites for hydroxylation is 1. The molecule has 1 aromatic carbocycles. The molecule has 0 aliphatic heterocycles. The highest BCUT2D eigenvalue weighted by Gasteiger charge is 2.19. The van der Waals surface area contributed by atoms with Gasteiger partial charge in [-0.1, -0.05) is 60.3 Å². The predicted octanol–water partition coefficient (Wildman–Crippen LogP) is 5.18. The average molecular weight is 416 g/mol. The number of carbonyl (C=O) groups is 2. The number of nitrogens with zero attached hydrogens (tertiary/aromatic N) is 1. The van der Waals surface area contributed by atoms with Crippen LogP contribution in [0.5, 0.6) is 0 Å². The van der Waals surface area contributed by atoms with E-state index >= 15 is 0 Å². The highest BCUT2D eigenvalue weighted by Crippen LogP contribution is 2.31. The Labute approximate surface area is 166 Å². The fraction of sp³-hybridized carbons (Fsp3) is 0.278. The van der Waals surface area contributed by atoms with Gasteiger partial charge in [-0.25, -0.2) is 9.78 Å². The third-order valence-electron chi connectivity index (χ3n) is 3.50. The van der Waals surface area contributed by atoms with Crippen LogP contribution in [0.3, 0.4) is 0 Å². The van der Waals surface area contributed by atoms with E-state index in [4.69, 9.17) is 39.5 Å². The molecule has 0 radical (unpaired) electrons. The molecule has 0 aliphatic rings. The Morgan fingerprint density at radius 2 is 1.81 bits per heavy atom. The molecule has 0 unspecified atom stereocenters. The van der Waals surface area contributed by atoms with Crippen molar-refractivity contribution in [1.29, 1.82) is 0 Å². The van der Waals surface area contributed by atoms with E-state index in [9.17, 15) is 9.59 Å². The Morgan fingerprint density at radius 1 is 1.12 bits per heavy atom. The van der Waals surface area contributed by atoms with Crippen LogP contribution in [0.15, 0.2) is 30.5 Å². The van der Waals surface area contributed by atoms with Crippen molar-refractivity contribution < 1.29 is 14.3 Å². The highest BCUT2D eigenvalue weighted by atomic mass is 35.5. The number of hydrogen-bond donors (Lipinski definition) is 1.